The van der Waals surface area contributed by atoms with Gasteiger partial charge >= 0.3 is 0 Å². The summed E-state index contributed by atoms with van der Waals surface area (Å²) in [6, 6.07) is 0. The number of carbonyl (C=O) groups is 1. The molecule has 0 amide bonds. The summed E-state index contributed by atoms with van der Waals surface area (Å²) in [5.41, 5.74) is -0.955. The van der Waals surface area contributed by atoms with Crippen molar-refractivity contribution in [3.63, 3.8) is 0 Å². The van der Waals surface area contributed by atoms with Crippen molar-refractivity contribution < 1.29 is 9.90 Å². The molecule has 0 radical (unpaired) electrons. The second-order valence-corrected chi connectivity index (χ2v) is 4.38. The molecule has 1 atom stereocenters. The van der Waals surface area contributed by atoms with Crippen LogP contribution in [0.3, 0.4) is 0 Å². The molecule has 1 rings (SSSR count). The molecular formula is C11H20O2. The van der Waals surface area contributed by atoms with Crippen molar-refractivity contribution in [2.24, 2.45) is 5.92 Å². The average Bonchev–Trinajstić information content (AvgIpc) is 2.53. The van der Waals surface area contributed by atoms with Gasteiger partial charge in [-0.25, -0.2) is 0 Å². The summed E-state index contributed by atoms with van der Waals surface area (Å²) in [6.07, 6.45) is 4.94. The van der Waals surface area contributed by atoms with Crippen LogP contribution in [0.15, 0.2) is 0 Å². The molecule has 0 aromatic rings. The van der Waals surface area contributed by atoms with E-state index in [1.807, 2.05) is 0 Å². The molecule has 1 saturated carbocycles. The molecule has 0 aliphatic heterocycles. The van der Waals surface area contributed by atoms with Crippen LogP contribution in [0.4, 0.5) is 0 Å². The van der Waals surface area contributed by atoms with Crippen LogP contribution in [0.2, 0.25) is 0 Å². The smallest absolute Gasteiger partial charge is 0.164 e. The third kappa shape index (κ3) is 2.53. The van der Waals surface area contributed by atoms with Gasteiger partial charge in [0.2, 0.25) is 0 Å². The largest absolute Gasteiger partial charge is 0.382 e. The first kappa shape index (κ1) is 10.7. The van der Waals surface area contributed by atoms with E-state index in [-0.39, 0.29) is 5.78 Å². The predicted octanol–water partition coefficient (Wildman–Crippen LogP) is 2.30. The SMILES string of the molecule is CCC(C)CC(=O)C1(O)CCCC1. The quantitative estimate of drug-likeness (QED) is 0.728. The standard InChI is InChI=1S/C11H20O2/c1-3-9(2)8-10(12)11(13)6-4-5-7-11/h9,13H,3-8H2,1-2H3. The Hall–Kier alpha value is -0.370. The molecule has 76 valence electrons. The molecule has 0 heterocycles. The molecule has 1 aliphatic carbocycles. The van der Waals surface area contributed by atoms with Crippen LogP contribution in [0.25, 0.3) is 0 Å². The molecule has 1 N–H and O–H groups in total. The highest BCUT2D eigenvalue weighted by Gasteiger charge is 2.38. The fourth-order valence-corrected chi connectivity index (χ4v) is 1.89. The molecule has 1 fully saturated rings. The van der Waals surface area contributed by atoms with Gasteiger partial charge in [-0.1, -0.05) is 20.3 Å². The van der Waals surface area contributed by atoms with Crippen molar-refractivity contribution in [2.75, 3.05) is 0 Å². The summed E-state index contributed by atoms with van der Waals surface area (Å²) in [7, 11) is 0. The third-order valence-corrected chi connectivity index (χ3v) is 3.18. The second-order valence-electron chi connectivity index (χ2n) is 4.38. The summed E-state index contributed by atoms with van der Waals surface area (Å²) in [6.45, 7) is 4.15. The highest BCUT2D eigenvalue weighted by molar-refractivity contribution is 5.87. The maximum atomic E-state index is 11.7. The van der Waals surface area contributed by atoms with Crippen molar-refractivity contribution in [2.45, 2.75) is 58.0 Å². The van der Waals surface area contributed by atoms with Crippen molar-refractivity contribution in [3.8, 4) is 0 Å². The van der Waals surface area contributed by atoms with Crippen LogP contribution in [-0.4, -0.2) is 16.5 Å². The van der Waals surface area contributed by atoms with Crippen molar-refractivity contribution >= 4 is 5.78 Å². The van der Waals surface area contributed by atoms with Gasteiger partial charge in [0.25, 0.3) is 0 Å². The van der Waals surface area contributed by atoms with Crippen LogP contribution in [0.1, 0.15) is 52.4 Å². The summed E-state index contributed by atoms with van der Waals surface area (Å²) in [5.74, 6) is 0.483. The van der Waals surface area contributed by atoms with Gasteiger partial charge in [0, 0.05) is 6.42 Å². The Balaban J connectivity index is 2.46. The van der Waals surface area contributed by atoms with E-state index in [1.165, 1.54) is 0 Å². The van der Waals surface area contributed by atoms with E-state index in [9.17, 15) is 9.90 Å². The van der Waals surface area contributed by atoms with E-state index >= 15 is 0 Å². The molecule has 0 saturated heterocycles. The Kier molecular flexibility index (Phi) is 3.48. The highest BCUT2D eigenvalue weighted by Crippen LogP contribution is 2.32. The van der Waals surface area contributed by atoms with Gasteiger partial charge in [0.05, 0.1) is 0 Å². The zero-order chi connectivity index (χ0) is 9.90. The minimum atomic E-state index is -0.955. The van der Waals surface area contributed by atoms with Crippen LogP contribution in [0, 0.1) is 5.92 Å². The number of aliphatic hydroxyl groups is 1. The van der Waals surface area contributed by atoms with Crippen LogP contribution in [0.5, 0.6) is 0 Å². The Morgan fingerprint density at radius 1 is 1.46 bits per heavy atom. The van der Waals surface area contributed by atoms with E-state index in [1.54, 1.807) is 0 Å². The average molecular weight is 184 g/mol. The Morgan fingerprint density at radius 3 is 2.46 bits per heavy atom. The zero-order valence-electron chi connectivity index (χ0n) is 8.68. The lowest BCUT2D eigenvalue weighted by Crippen LogP contribution is -2.36. The van der Waals surface area contributed by atoms with Gasteiger partial charge in [0.15, 0.2) is 5.78 Å². The van der Waals surface area contributed by atoms with Gasteiger partial charge in [-0.2, -0.15) is 0 Å². The van der Waals surface area contributed by atoms with E-state index in [2.05, 4.69) is 13.8 Å². The van der Waals surface area contributed by atoms with Crippen LogP contribution in [-0.2, 0) is 4.79 Å². The number of Topliss-reactive ketones (excluding diaryl/α,β-unsaturated/α-hetero) is 1. The molecule has 0 spiro atoms. The van der Waals surface area contributed by atoms with E-state index < -0.39 is 5.60 Å². The predicted molar refractivity (Wildman–Crippen MR) is 52.5 cm³/mol. The number of carbonyl (C=O) groups excluding carboxylic acids is 1. The fraction of sp³-hybridized carbons (Fsp3) is 0.909. The summed E-state index contributed by atoms with van der Waals surface area (Å²) >= 11 is 0. The van der Waals surface area contributed by atoms with Gasteiger partial charge in [-0.15, -0.1) is 0 Å². The lowest BCUT2D eigenvalue weighted by molar-refractivity contribution is -0.137. The Morgan fingerprint density at radius 2 is 2.00 bits per heavy atom. The monoisotopic (exact) mass is 184 g/mol. The molecular weight excluding hydrogens is 164 g/mol. The third-order valence-electron chi connectivity index (χ3n) is 3.18. The van der Waals surface area contributed by atoms with Crippen molar-refractivity contribution in [1.29, 1.82) is 0 Å². The van der Waals surface area contributed by atoms with Crippen LogP contribution < -0.4 is 0 Å². The first-order valence-corrected chi connectivity index (χ1v) is 5.34. The molecule has 2 heteroatoms. The molecule has 0 aromatic carbocycles. The molecule has 1 unspecified atom stereocenters. The normalized spacial score (nSPS) is 23.0. The topological polar surface area (TPSA) is 37.3 Å². The minimum absolute atomic E-state index is 0.0688. The highest BCUT2D eigenvalue weighted by atomic mass is 16.3. The van der Waals surface area contributed by atoms with E-state index in [0.717, 1.165) is 19.3 Å². The Bertz CT molecular complexity index is 181. The number of hydrogen-bond donors (Lipinski definition) is 1. The number of hydrogen-bond acceptors (Lipinski definition) is 2. The molecule has 13 heavy (non-hydrogen) atoms. The molecule has 1 aliphatic rings. The number of rotatable bonds is 4. The lowest BCUT2D eigenvalue weighted by Gasteiger charge is -2.21. The van der Waals surface area contributed by atoms with Gasteiger partial charge in [0.1, 0.15) is 5.60 Å². The fourth-order valence-electron chi connectivity index (χ4n) is 1.89. The Labute approximate surface area is 80.3 Å². The van der Waals surface area contributed by atoms with E-state index in [0.29, 0.717) is 25.2 Å². The first-order chi connectivity index (χ1) is 6.08. The van der Waals surface area contributed by atoms with Gasteiger partial charge < -0.3 is 5.11 Å². The van der Waals surface area contributed by atoms with Crippen LogP contribution >= 0.6 is 0 Å². The van der Waals surface area contributed by atoms with Crippen molar-refractivity contribution in [1.82, 2.24) is 0 Å². The van der Waals surface area contributed by atoms with Gasteiger partial charge in [-0.05, 0) is 31.6 Å². The maximum Gasteiger partial charge on any atom is 0.164 e. The summed E-state index contributed by atoms with van der Waals surface area (Å²) < 4.78 is 0. The molecule has 0 aromatic heterocycles. The van der Waals surface area contributed by atoms with Crippen molar-refractivity contribution in [3.05, 3.63) is 0 Å². The molecule has 0 bridgehead atoms. The second kappa shape index (κ2) is 4.23. The maximum absolute atomic E-state index is 11.7. The first-order valence-electron chi connectivity index (χ1n) is 5.34. The van der Waals surface area contributed by atoms with E-state index in [4.69, 9.17) is 0 Å². The zero-order valence-corrected chi connectivity index (χ0v) is 8.68. The lowest BCUT2D eigenvalue weighted by atomic mass is 9.89. The summed E-state index contributed by atoms with van der Waals surface area (Å²) in [4.78, 5) is 11.7. The molecule has 2 nitrogen and oxygen atoms in total. The van der Waals surface area contributed by atoms with Gasteiger partial charge in [-0.3, -0.25) is 4.79 Å². The summed E-state index contributed by atoms with van der Waals surface area (Å²) in [5, 5.41) is 9.95. The number of ketones is 1. The minimum Gasteiger partial charge on any atom is -0.382 e.